The highest BCUT2D eigenvalue weighted by molar-refractivity contribution is 7.98. The lowest BCUT2D eigenvalue weighted by molar-refractivity contribution is -0.385. The van der Waals surface area contributed by atoms with Crippen molar-refractivity contribution < 1.29 is 10.0 Å². The van der Waals surface area contributed by atoms with Gasteiger partial charge >= 0.3 is 0 Å². The van der Waals surface area contributed by atoms with E-state index in [1.165, 1.54) is 18.2 Å². The number of hydrogen-bond acceptors (Lipinski definition) is 7. The summed E-state index contributed by atoms with van der Waals surface area (Å²) in [4.78, 5) is 10.6. The van der Waals surface area contributed by atoms with E-state index in [0.717, 1.165) is 17.4 Å². The molecule has 0 atom stereocenters. The van der Waals surface area contributed by atoms with Crippen LogP contribution >= 0.6 is 11.8 Å². The van der Waals surface area contributed by atoms with Crippen LogP contribution in [-0.4, -0.2) is 25.1 Å². The third-order valence-corrected chi connectivity index (χ3v) is 4.06. The van der Waals surface area contributed by atoms with Gasteiger partial charge < -0.3 is 5.11 Å². The first-order valence-corrected chi connectivity index (χ1v) is 7.54. The van der Waals surface area contributed by atoms with Gasteiger partial charge in [-0.15, -0.1) is 16.9 Å². The van der Waals surface area contributed by atoms with Crippen LogP contribution < -0.4 is 5.11 Å². The Bertz CT molecular complexity index is 837. The first kappa shape index (κ1) is 15.0. The number of benzene rings is 2. The van der Waals surface area contributed by atoms with E-state index in [1.54, 1.807) is 4.68 Å². The lowest BCUT2D eigenvalue weighted by Crippen LogP contribution is -2.02. The number of thioether (sulfide) groups is 1. The molecule has 0 N–H and O–H groups in total. The van der Waals surface area contributed by atoms with Crippen molar-refractivity contribution in [3.63, 3.8) is 0 Å². The number of nitrogens with zero attached hydrogens (tertiary/aromatic N) is 5. The molecule has 8 nitrogen and oxygen atoms in total. The van der Waals surface area contributed by atoms with Gasteiger partial charge in [0.15, 0.2) is 5.82 Å². The SMILES string of the molecule is O=[N+]([O-])c1ccc([O-])c(SCc2nnnn2-c2ccccc2)c1. The number of hydrogen-bond donors (Lipinski definition) is 0. The third kappa shape index (κ3) is 3.29. The van der Waals surface area contributed by atoms with E-state index < -0.39 is 4.92 Å². The van der Waals surface area contributed by atoms with Crippen molar-refractivity contribution in [1.29, 1.82) is 0 Å². The smallest absolute Gasteiger partial charge is 0.270 e. The number of nitro groups is 1. The highest BCUT2D eigenvalue weighted by Crippen LogP contribution is 2.32. The molecule has 0 saturated heterocycles. The van der Waals surface area contributed by atoms with Crippen molar-refractivity contribution in [1.82, 2.24) is 20.2 Å². The monoisotopic (exact) mass is 328 g/mol. The molecule has 2 aromatic carbocycles. The summed E-state index contributed by atoms with van der Waals surface area (Å²) in [6.45, 7) is 0. The van der Waals surface area contributed by atoms with Crippen LogP contribution in [0, 0.1) is 10.1 Å². The van der Waals surface area contributed by atoms with Crippen LogP contribution in [0.5, 0.6) is 5.75 Å². The van der Waals surface area contributed by atoms with Gasteiger partial charge in [0.05, 0.1) is 16.4 Å². The number of tetrazole rings is 1. The van der Waals surface area contributed by atoms with Gasteiger partial charge in [-0.3, -0.25) is 10.1 Å². The van der Waals surface area contributed by atoms with E-state index in [2.05, 4.69) is 15.5 Å². The van der Waals surface area contributed by atoms with Gasteiger partial charge in [-0.2, -0.15) is 4.68 Å². The van der Waals surface area contributed by atoms with Gasteiger partial charge in [0, 0.05) is 17.0 Å². The summed E-state index contributed by atoms with van der Waals surface area (Å²) in [6, 6.07) is 13.0. The zero-order chi connectivity index (χ0) is 16.2. The number of aromatic nitrogens is 4. The Morgan fingerprint density at radius 2 is 1.96 bits per heavy atom. The summed E-state index contributed by atoms with van der Waals surface area (Å²) >= 11 is 1.16. The molecule has 9 heteroatoms. The average molecular weight is 328 g/mol. The molecule has 1 heterocycles. The first-order valence-electron chi connectivity index (χ1n) is 6.56. The molecular formula is C14H10N5O3S-. The topological polar surface area (TPSA) is 110 Å². The van der Waals surface area contributed by atoms with Crippen LogP contribution in [0.25, 0.3) is 5.69 Å². The molecule has 0 amide bonds. The van der Waals surface area contributed by atoms with E-state index in [9.17, 15) is 15.2 Å². The molecule has 0 aliphatic carbocycles. The standard InChI is InChI=1S/C14H11N5O3S/c20-12-7-6-11(19(21)22)8-13(12)23-9-14-15-16-17-18(14)10-4-2-1-3-5-10/h1-8,20H,9H2/p-1. The quantitative estimate of drug-likeness (QED) is 0.400. The molecule has 0 radical (unpaired) electrons. The zero-order valence-electron chi connectivity index (χ0n) is 11.7. The second-order valence-corrected chi connectivity index (χ2v) is 5.54. The molecule has 116 valence electrons. The van der Waals surface area contributed by atoms with E-state index in [0.29, 0.717) is 16.5 Å². The molecule has 0 fully saturated rings. The molecule has 0 unspecified atom stereocenters. The summed E-state index contributed by atoms with van der Waals surface area (Å²) in [5, 5.41) is 34.1. The van der Waals surface area contributed by atoms with Gasteiger partial charge in [0.2, 0.25) is 0 Å². The van der Waals surface area contributed by atoms with E-state index in [1.807, 2.05) is 30.3 Å². The lowest BCUT2D eigenvalue weighted by Gasteiger charge is -2.12. The molecule has 0 aliphatic rings. The Morgan fingerprint density at radius 1 is 1.17 bits per heavy atom. The maximum absolute atomic E-state index is 11.8. The van der Waals surface area contributed by atoms with Crippen molar-refractivity contribution in [2.45, 2.75) is 10.6 Å². The summed E-state index contributed by atoms with van der Waals surface area (Å²) in [7, 11) is 0. The van der Waals surface area contributed by atoms with E-state index in [-0.39, 0.29) is 11.4 Å². The molecule has 0 aliphatic heterocycles. The van der Waals surface area contributed by atoms with Crippen LogP contribution in [0.4, 0.5) is 5.69 Å². The van der Waals surface area contributed by atoms with Crippen molar-refractivity contribution in [2.75, 3.05) is 0 Å². The second-order valence-electron chi connectivity index (χ2n) is 4.52. The predicted octanol–water partition coefficient (Wildman–Crippen LogP) is 1.94. The average Bonchev–Trinajstić information content (AvgIpc) is 3.03. The maximum atomic E-state index is 11.8. The van der Waals surface area contributed by atoms with Crippen LogP contribution in [0.2, 0.25) is 0 Å². The highest BCUT2D eigenvalue weighted by Gasteiger charge is 2.11. The Labute approximate surface area is 134 Å². The molecular weight excluding hydrogens is 318 g/mol. The van der Waals surface area contributed by atoms with E-state index >= 15 is 0 Å². The Kier molecular flexibility index (Phi) is 4.20. The van der Waals surface area contributed by atoms with Gasteiger partial charge in [0.1, 0.15) is 0 Å². The summed E-state index contributed by atoms with van der Waals surface area (Å²) in [6.07, 6.45) is 0. The summed E-state index contributed by atoms with van der Waals surface area (Å²) in [5.74, 6) is 0.602. The molecule has 0 spiro atoms. The van der Waals surface area contributed by atoms with Crippen LogP contribution in [0.3, 0.4) is 0 Å². The number of nitro benzene ring substituents is 1. The second kappa shape index (κ2) is 6.44. The summed E-state index contributed by atoms with van der Waals surface area (Å²) < 4.78 is 1.56. The molecule has 0 bridgehead atoms. The predicted molar refractivity (Wildman–Crippen MR) is 81.3 cm³/mol. The van der Waals surface area contributed by atoms with Gasteiger partial charge in [-0.25, -0.2) is 0 Å². The Morgan fingerprint density at radius 3 is 2.70 bits per heavy atom. The molecule has 0 saturated carbocycles. The minimum Gasteiger partial charge on any atom is -0.872 e. The fourth-order valence-electron chi connectivity index (χ4n) is 1.93. The highest BCUT2D eigenvalue weighted by atomic mass is 32.2. The largest absolute Gasteiger partial charge is 0.872 e. The zero-order valence-corrected chi connectivity index (χ0v) is 12.5. The Balaban J connectivity index is 1.81. The molecule has 1 aromatic heterocycles. The van der Waals surface area contributed by atoms with Gasteiger partial charge in [-0.05, 0) is 22.6 Å². The molecule has 23 heavy (non-hydrogen) atoms. The van der Waals surface area contributed by atoms with Crippen molar-refractivity contribution in [2.24, 2.45) is 0 Å². The molecule has 3 aromatic rings. The van der Waals surface area contributed by atoms with Gasteiger partial charge in [0.25, 0.3) is 5.69 Å². The number of para-hydroxylation sites is 1. The van der Waals surface area contributed by atoms with Crippen LogP contribution in [0.15, 0.2) is 53.4 Å². The first-order chi connectivity index (χ1) is 11.1. The summed E-state index contributed by atoms with van der Waals surface area (Å²) in [5.41, 5.74) is 0.684. The fraction of sp³-hybridized carbons (Fsp3) is 0.0714. The van der Waals surface area contributed by atoms with Crippen LogP contribution in [-0.2, 0) is 5.75 Å². The Hall–Kier alpha value is -2.94. The maximum Gasteiger partial charge on any atom is 0.270 e. The van der Waals surface area contributed by atoms with Crippen molar-refractivity contribution in [3.05, 3.63) is 64.5 Å². The normalized spacial score (nSPS) is 10.6. The fourth-order valence-corrected chi connectivity index (χ4v) is 2.81. The molecule has 3 rings (SSSR count). The number of non-ortho nitro benzene ring substituents is 1. The third-order valence-electron chi connectivity index (χ3n) is 3.03. The van der Waals surface area contributed by atoms with Crippen molar-refractivity contribution in [3.8, 4) is 11.4 Å². The minimum absolute atomic E-state index is 0.116. The van der Waals surface area contributed by atoms with E-state index in [4.69, 9.17) is 0 Å². The lowest BCUT2D eigenvalue weighted by atomic mass is 10.3. The van der Waals surface area contributed by atoms with Crippen molar-refractivity contribution >= 4 is 17.4 Å². The van der Waals surface area contributed by atoms with Gasteiger partial charge in [-0.1, -0.05) is 30.0 Å². The minimum atomic E-state index is -0.530. The number of rotatable bonds is 5. The van der Waals surface area contributed by atoms with Crippen LogP contribution in [0.1, 0.15) is 5.82 Å².